The molecule has 2 aromatic heterocycles. The highest BCUT2D eigenvalue weighted by Crippen LogP contribution is 2.21. The van der Waals surface area contributed by atoms with Crippen molar-refractivity contribution >= 4 is 11.5 Å². The summed E-state index contributed by atoms with van der Waals surface area (Å²) < 4.78 is 1.82. The first-order chi connectivity index (χ1) is 9.16. The Balaban J connectivity index is 1.91. The number of pyridine rings is 1. The Morgan fingerprint density at radius 1 is 1.47 bits per heavy atom. The molecular formula is C12H15N5O2. The average Bonchev–Trinajstić information content (AvgIpc) is 2.87. The van der Waals surface area contributed by atoms with Crippen LogP contribution in [0.3, 0.4) is 0 Å². The van der Waals surface area contributed by atoms with Crippen molar-refractivity contribution in [2.45, 2.75) is 19.9 Å². The number of hydrogen-bond donors (Lipinski definition) is 1. The number of nitro groups is 1. The van der Waals surface area contributed by atoms with Crippen LogP contribution in [0, 0.1) is 17.0 Å². The lowest BCUT2D eigenvalue weighted by Crippen LogP contribution is -2.10. The predicted octanol–water partition coefficient (Wildman–Crippen LogP) is 2.00. The van der Waals surface area contributed by atoms with E-state index in [1.807, 2.05) is 16.9 Å². The smallest absolute Gasteiger partial charge is 0.311 e. The van der Waals surface area contributed by atoms with E-state index in [-0.39, 0.29) is 5.69 Å². The number of aryl methyl sites for hydroxylation is 2. The highest BCUT2D eigenvalue weighted by Gasteiger charge is 2.14. The van der Waals surface area contributed by atoms with Crippen LogP contribution in [0.4, 0.5) is 11.5 Å². The first-order valence-corrected chi connectivity index (χ1v) is 6.00. The van der Waals surface area contributed by atoms with Crippen LogP contribution in [0.15, 0.2) is 30.6 Å². The molecule has 7 heteroatoms. The molecule has 0 atom stereocenters. The molecule has 0 saturated heterocycles. The second-order valence-corrected chi connectivity index (χ2v) is 4.13. The molecule has 0 aliphatic carbocycles. The molecule has 2 rings (SSSR count). The summed E-state index contributed by atoms with van der Waals surface area (Å²) in [5.41, 5.74) is 0.755. The Morgan fingerprint density at radius 3 is 3.00 bits per heavy atom. The van der Waals surface area contributed by atoms with E-state index in [4.69, 9.17) is 0 Å². The molecule has 100 valence electrons. The lowest BCUT2D eigenvalue weighted by molar-refractivity contribution is -0.384. The van der Waals surface area contributed by atoms with Gasteiger partial charge in [0.05, 0.1) is 4.92 Å². The maximum atomic E-state index is 10.9. The Kier molecular flexibility index (Phi) is 4.07. The third-order valence-electron chi connectivity index (χ3n) is 2.63. The third-order valence-corrected chi connectivity index (χ3v) is 2.63. The van der Waals surface area contributed by atoms with Gasteiger partial charge in [0.25, 0.3) is 0 Å². The number of nitrogens with one attached hydrogen (secondary N) is 1. The molecule has 0 fully saturated rings. The summed E-state index contributed by atoms with van der Waals surface area (Å²) in [6, 6.07) is 4.96. The van der Waals surface area contributed by atoms with E-state index < -0.39 is 4.92 Å². The van der Waals surface area contributed by atoms with Crippen LogP contribution in [0.1, 0.15) is 12.1 Å². The van der Waals surface area contributed by atoms with E-state index in [1.54, 1.807) is 19.2 Å². The molecule has 0 saturated carbocycles. The normalized spacial score (nSPS) is 10.4. The summed E-state index contributed by atoms with van der Waals surface area (Å²) in [7, 11) is 0. The largest absolute Gasteiger partial charge is 0.364 e. The fourth-order valence-electron chi connectivity index (χ4n) is 1.71. The molecular weight excluding hydrogens is 246 g/mol. The Labute approximate surface area is 110 Å². The zero-order valence-electron chi connectivity index (χ0n) is 10.6. The molecule has 0 aromatic carbocycles. The van der Waals surface area contributed by atoms with Crippen LogP contribution in [0.2, 0.25) is 0 Å². The van der Waals surface area contributed by atoms with Gasteiger partial charge in [0.1, 0.15) is 0 Å². The number of aromatic nitrogens is 3. The van der Waals surface area contributed by atoms with Gasteiger partial charge in [0.15, 0.2) is 0 Å². The lowest BCUT2D eigenvalue weighted by Gasteiger charge is -2.07. The standard InChI is InChI=1S/C12H15N5O2/c1-10-4-5-11(17(18)19)12(15-10)13-6-2-8-16-9-3-7-14-16/h3-5,7,9H,2,6,8H2,1H3,(H,13,15). The van der Waals surface area contributed by atoms with Crippen molar-refractivity contribution in [2.24, 2.45) is 0 Å². The number of anilines is 1. The molecule has 1 N–H and O–H groups in total. The highest BCUT2D eigenvalue weighted by molar-refractivity contribution is 5.55. The van der Waals surface area contributed by atoms with Crippen molar-refractivity contribution in [3.8, 4) is 0 Å². The molecule has 7 nitrogen and oxygen atoms in total. The summed E-state index contributed by atoms with van der Waals surface area (Å²) in [4.78, 5) is 14.6. The summed E-state index contributed by atoms with van der Waals surface area (Å²) in [6.45, 7) is 3.18. The minimum absolute atomic E-state index is 0.00434. The number of hydrogen-bond acceptors (Lipinski definition) is 5. The molecule has 19 heavy (non-hydrogen) atoms. The molecule has 2 heterocycles. The fourth-order valence-corrected chi connectivity index (χ4v) is 1.71. The van der Waals surface area contributed by atoms with Gasteiger partial charge in [0.2, 0.25) is 5.82 Å². The van der Waals surface area contributed by atoms with Crippen LogP contribution in [-0.4, -0.2) is 26.2 Å². The summed E-state index contributed by atoms with van der Waals surface area (Å²) >= 11 is 0. The van der Waals surface area contributed by atoms with Crippen molar-refractivity contribution in [3.63, 3.8) is 0 Å². The quantitative estimate of drug-likeness (QED) is 0.488. The van der Waals surface area contributed by atoms with Gasteiger partial charge >= 0.3 is 5.69 Å². The monoisotopic (exact) mass is 261 g/mol. The SMILES string of the molecule is Cc1ccc([N+](=O)[O-])c(NCCCn2cccn2)n1. The third kappa shape index (κ3) is 3.51. The Hall–Kier alpha value is -2.44. The second-order valence-electron chi connectivity index (χ2n) is 4.13. The van der Waals surface area contributed by atoms with E-state index >= 15 is 0 Å². The van der Waals surface area contributed by atoms with Gasteiger partial charge in [-0.3, -0.25) is 14.8 Å². The molecule has 0 unspecified atom stereocenters. The van der Waals surface area contributed by atoms with Gasteiger partial charge in [-0.2, -0.15) is 5.10 Å². The van der Waals surface area contributed by atoms with Crippen molar-refractivity contribution in [1.29, 1.82) is 0 Å². The maximum Gasteiger partial charge on any atom is 0.311 e. The van der Waals surface area contributed by atoms with E-state index in [9.17, 15) is 10.1 Å². The van der Waals surface area contributed by atoms with Crippen molar-refractivity contribution in [1.82, 2.24) is 14.8 Å². The van der Waals surface area contributed by atoms with Gasteiger partial charge in [-0.25, -0.2) is 4.98 Å². The minimum atomic E-state index is -0.428. The van der Waals surface area contributed by atoms with Crippen molar-refractivity contribution < 1.29 is 4.92 Å². The first-order valence-electron chi connectivity index (χ1n) is 6.00. The molecule has 2 aromatic rings. The molecule has 0 spiro atoms. The summed E-state index contributed by atoms with van der Waals surface area (Å²) in [6.07, 6.45) is 4.42. The molecule has 0 aliphatic heterocycles. The van der Waals surface area contributed by atoms with E-state index in [1.165, 1.54) is 6.07 Å². The highest BCUT2D eigenvalue weighted by atomic mass is 16.6. The molecule has 0 radical (unpaired) electrons. The van der Waals surface area contributed by atoms with E-state index in [2.05, 4.69) is 15.4 Å². The lowest BCUT2D eigenvalue weighted by atomic mass is 10.3. The number of nitrogens with zero attached hydrogens (tertiary/aromatic N) is 4. The first kappa shape index (κ1) is 13.0. The average molecular weight is 261 g/mol. The van der Waals surface area contributed by atoms with Crippen LogP contribution in [0.25, 0.3) is 0 Å². The molecule has 0 bridgehead atoms. The zero-order chi connectivity index (χ0) is 13.7. The van der Waals surface area contributed by atoms with Gasteiger partial charge in [0, 0.05) is 37.2 Å². The van der Waals surface area contributed by atoms with Crippen molar-refractivity contribution in [3.05, 3.63) is 46.4 Å². The minimum Gasteiger partial charge on any atom is -0.364 e. The number of rotatable bonds is 6. The topological polar surface area (TPSA) is 85.9 Å². The fraction of sp³-hybridized carbons (Fsp3) is 0.333. The van der Waals surface area contributed by atoms with Gasteiger partial charge in [-0.1, -0.05) is 0 Å². The van der Waals surface area contributed by atoms with Crippen LogP contribution in [0.5, 0.6) is 0 Å². The maximum absolute atomic E-state index is 10.9. The predicted molar refractivity (Wildman–Crippen MR) is 71.0 cm³/mol. The Bertz CT molecular complexity index is 553. The van der Waals surface area contributed by atoms with Gasteiger partial charge < -0.3 is 5.32 Å². The van der Waals surface area contributed by atoms with E-state index in [0.717, 1.165) is 18.7 Å². The van der Waals surface area contributed by atoms with Crippen LogP contribution < -0.4 is 5.32 Å². The summed E-state index contributed by atoms with van der Waals surface area (Å²) in [5.74, 6) is 0.325. The summed E-state index contributed by atoms with van der Waals surface area (Å²) in [5, 5.41) is 18.0. The van der Waals surface area contributed by atoms with Crippen LogP contribution in [-0.2, 0) is 6.54 Å². The van der Waals surface area contributed by atoms with Crippen molar-refractivity contribution in [2.75, 3.05) is 11.9 Å². The van der Waals surface area contributed by atoms with Crippen LogP contribution >= 0.6 is 0 Å². The van der Waals surface area contributed by atoms with Gasteiger partial charge in [-0.15, -0.1) is 0 Å². The van der Waals surface area contributed by atoms with E-state index in [0.29, 0.717) is 12.4 Å². The molecule has 0 amide bonds. The Morgan fingerprint density at radius 2 is 2.32 bits per heavy atom. The van der Waals surface area contributed by atoms with Gasteiger partial charge in [-0.05, 0) is 25.5 Å². The second kappa shape index (κ2) is 5.94. The zero-order valence-corrected chi connectivity index (χ0v) is 10.6. The molecule has 0 aliphatic rings.